The summed E-state index contributed by atoms with van der Waals surface area (Å²) >= 11 is 0. The van der Waals surface area contributed by atoms with E-state index < -0.39 is 0 Å². The lowest BCUT2D eigenvalue weighted by atomic mass is 9.56. The fourth-order valence-corrected chi connectivity index (χ4v) is 5.91. The van der Waals surface area contributed by atoms with Crippen LogP contribution in [-0.4, -0.2) is 6.04 Å². The molecule has 2 nitrogen and oxygen atoms in total. The van der Waals surface area contributed by atoms with Crippen LogP contribution < -0.4 is 10.1 Å². The summed E-state index contributed by atoms with van der Waals surface area (Å²) in [5, 5.41) is 3.92. The Bertz CT molecular complexity index is 720. The summed E-state index contributed by atoms with van der Waals surface area (Å²) in [4.78, 5) is 0. The fraction of sp³-hybridized carbons (Fsp3) is 0.500. The van der Waals surface area contributed by atoms with E-state index in [9.17, 15) is 0 Å². The molecule has 3 saturated carbocycles. The molecule has 0 spiro atoms. The average molecular weight is 348 g/mol. The minimum atomic E-state index is 0.736. The molecule has 0 aliphatic heterocycles. The van der Waals surface area contributed by atoms with E-state index in [2.05, 4.69) is 29.6 Å². The van der Waals surface area contributed by atoms with E-state index in [0.29, 0.717) is 0 Å². The van der Waals surface area contributed by atoms with E-state index >= 15 is 0 Å². The Balaban J connectivity index is 1.19. The van der Waals surface area contributed by atoms with Crippen molar-refractivity contribution in [1.82, 2.24) is 5.32 Å². The first-order chi connectivity index (χ1) is 12.8. The number of hydrogen-bond acceptors (Lipinski definition) is 2. The lowest BCUT2D eigenvalue weighted by Crippen LogP contribution is -2.50. The van der Waals surface area contributed by atoms with Gasteiger partial charge in [0.25, 0.3) is 0 Å². The maximum atomic E-state index is 5.90. The molecule has 0 radical (unpaired) electrons. The zero-order chi connectivity index (χ0) is 17.3. The third-order valence-electron chi connectivity index (χ3n) is 7.03. The quantitative estimate of drug-likeness (QED) is 0.740. The Labute approximate surface area is 157 Å². The van der Waals surface area contributed by atoms with Crippen LogP contribution in [0.2, 0.25) is 0 Å². The largest absolute Gasteiger partial charge is 0.457 e. The highest BCUT2D eigenvalue weighted by molar-refractivity contribution is 5.32. The van der Waals surface area contributed by atoms with Crippen LogP contribution in [-0.2, 0) is 6.54 Å². The molecule has 3 bridgehead atoms. The maximum Gasteiger partial charge on any atom is 0.127 e. The first kappa shape index (κ1) is 16.4. The maximum absolute atomic E-state index is 5.90. The van der Waals surface area contributed by atoms with Gasteiger partial charge in [-0.3, -0.25) is 0 Å². The van der Waals surface area contributed by atoms with Crippen molar-refractivity contribution in [3.05, 3.63) is 60.2 Å². The standard InChI is InChI=1S/C24H29NO/c1-2-4-21(5-3-1)26-22-9-6-17(7-10-22)16-25-24-15-19-12-18-8-11-23(24)20(13-18)14-19/h1-7,9-10,18-20,23-25H,8,11-16H2. The van der Waals surface area contributed by atoms with Gasteiger partial charge >= 0.3 is 0 Å². The van der Waals surface area contributed by atoms with Gasteiger partial charge in [-0.05, 0) is 85.6 Å². The second kappa shape index (κ2) is 7.08. The molecule has 2 aromatic rings. The topological polar surface area (TPSA) is 21.3 Å². The molecule has 3 fully saturated rings. The Morgan fingerprint density at radius 3 is 2.38 bits per heavy atom. The first-order valence-electron chi connectivity index (χ1n) is 10.4. The number of rotatable bonds is 5. The molecular weight excluding hydrogens is 318 g/mol. The Morgan fingerprint density at radius 2 is 1.54 bits per heavy atom. The highest BCUT2D eigenvalue weighted by Gasteiger charge is 2.45. The predicted molar refractivity (Wildman–Crippen MR) is 105 cm³/mol. The van der Waals surface area contributed by atoms with Crippen LogP contribution in [0.15, 0.2) is 54.6 Å². The second-order valence-corrected chi connectivity index (χ2v) is 8.72. The van der Waals surface area contributed by atoms with Crippen LogP contribution in [0.4, 0.5) is 0 Å². The molecule has 3 aliphatic rings. The third-order valence-corrected chi connectivity index (χ3v) is 7.03. The molecule has 0 heterocycles. The Hall–Kier alpha value is -1.80. The van der Waals surface area contributed by atoms with Gasteiger partial charge in [-0.15, -0.1) is 0 Å². The Kier molecular flexibility index (Phi) is 4.46. The van der Waals surface area contributed by atoms with E-state index in [-0.39, 0.29) is 0 Å². The number of benzene rings is 2. The van der Waals surface area contributed by atoms with Gasteiger partial charge in [-0.1, -0.05) is 36.8 Å². The van der Waals surface area contributed by atoms with Crippen molar-refractivity contribution in [3.8, 4) is 11.5 Å². The highest BCUT2D eigenvalue weighted by atomic mass is 16.5. The normalized spacial score (nSPS) is 32.4. The third kappa shape index (κ3) is 3.40. The van der Waals surface area contributed by atoms with E-state index in [1.54, 1.807) is 0 Å². The van der Waals surface area contributed by atoms with Crippen LogP contribution >= 0.6 is 0 Å². The van der Waals surface area contributed by atoms with Crippen molar-refractivity contribution >= 4 is 0 Å². The molecule has 0 amide bonds. The summed E-state index contributed by atoms with van der Waals surface area (Å²) in [7, 11) is 0. The summed E-state index contributed by atoms with van der Waals surface area (Å²) in [6.45, 7) is 0.982. The summed E-state index contributed by atoms with van der Waals surface area (Å²) in [6.07, 6.45) is 8.90. The number of nitrogens with one attached hydrogen (secondary N) is 1. The second-order valence-electron chi connectivity index (χ2n) is 8.72. The van der Waals surface area contributed by atoms with Gasteiger partial charge in [0.15, 0.2) is 0 Å². The monoisotopic (exact) mass is 347 g/mol. The molecule has 3 aliphatic carbocycles. The van der Waals surface area contributed by atoms with Gasteiger partial charge in [-0.25, -0.2) is 0 Å². The van der Waals surface area contributed by atoms with Gasteiger partial charge < -0.3 is 10.1 Å². The van der Waals surface area contributed by atoms with E-state index in [1.165, 1.54) is 44.1 Å². The molecule has 0 aromatic heterocycles. The zero-order valence-electron chi connectivity index (χ0n) is 15.4. The van der Waals surface area contributed by atoms with Crippen molar-refractivity contribution in [2.75, 3.05) is 0 Å². The van der Waals surface area contributed by atoms with E-state index in [4.69, 9.17) is 4.74 Å². The molecule has 5 unspecified atom stereocenters. The minimum absolute atomic E-state index is 0.736. The lowest BCUT2D eigenvalue weighted by Gasteiger charge is -2.52. The predicted octanol–water partition coefficient (Wildman–Crippen LogP) is 5.78. The van der Waals surface area contributed by atoms with Gasteiger partial charge in [0.1, 0.15) is 11.5 Å². The van der Waals surface area contributed by atoms with Crippen LogP contribution in [0.1, 0.15) is 44.1 Å². The molecular formula is C24H29NO. The molecule has 1 N–H and O–H groups in total. The summed E-state index contributed by atoms with van der Waals surface area (Å²) in [6, 6.07) is 19.3. The summed E-state index contributed by atoms with van der Waals surface area (Å²) in [5.41, 5.74) is 1.36. The van der Waals surface area contributed by atoms with Gasteiger partial charge in [0.2, 0.25) is 0 Å². The van der Waals surface area contributed by atoms with E-state index in [1.807, 2.05) is 30.3 Å². The molecule has 2 aromatic carbocycles. The highest BCUT2D eigenvalue weighted by Crippen LogP contribution is 2.52. The van der Waals surface area contributed by atoms with Crippen LogP contribution in [0.3, 0.4) is 0 Å². The number of hydrogen-bond donors (Lipinski definition) is 1. The lowest BCUT2D eigenvalue weighted by molar-refractivity contribution is 0.00606. The molecule has 26 heavy (non-hydrogen) atoms. The van der Waals surface area contributed by atoms with Crippen molar-refractivity contribution in [2.45, 2.75) is 51.1 Å². The smallest absolute Gasteiger partial charge is 0.127 e. The molecule has 2 heteroatoms. The fourth-order valence-electron chi connectivity index (χ4n) is 5.91. The SMILES string of the molecule is c1ccc(Oc2ccc(CNC3CC4CC5CCC3C(C5)C4)cc2)cc1. The van der Waals surface area contributed by atoms with Gasteiger partial charge in [-0.2, -0.15) is 0 Å². The summed E-state index contributed by atoms with van der Waals surface area (Å²) < 4.78 is 5.90. The number of ether oxygens (including phenoxy) is 1. The first-order valence-corrected chi connectivity index (χ1v) is 10.4. The Morgan fingerprint density at radius 1 is 0.769 bits per heavy atom. The van der Waals surface area contributed by atoms with Gasteiger partial charge in [0, 0.05) is 12.6 Å². The zero-order valence-corrected chi connectivity index (χ0v) is 15.4. The van der Waals surface area contributed by atoms with Crippen molar-refractivity contribution in [3.63, 3.8) is 0 Å². The molecule has 5 atom stereocenters. The molecule has 136 valence electrons. The summed E-state index contributed by atoms with van der Waals surface area (Å²) in [5.74, 6) is 5.81. The molecule has 5 rings (SSSR count). The van der Waals surface area contributed by atoms with Gasteiger partial charge in [0.05, 0.1) is 0 Å². The van der Waals surface area contributed by atoms with E-state index in [0.717, 1.165) is 47.8 Å². The van der Waals surface area contributed by atoms with Crippen molar-refractivity contribution < 1.29 is 4.74 Å². The molecule has 0 saturated heterocycles. The van der Waals surface area contributed by atoms with Crippen molar-refractivity contribution in [2.24, 2.45) is 23.7 Å². The van der Waals surface area contributed by atoms with Crippen LogP contribution in [0, 0.1) is 23.7 Å². The van der Waals surface area contributed by atoms with Crippen LogP contribution in [0.5, 0.6) is 11.5 Å². The van der Waals surface area contributed by atoms with Crippen LogP contribution in [0.25, 0.3) is 0 Å². The number of fused-ring (bicyclic) bond motifs is 2. The average Bonchev–Trinajstić information content (AvgIpc) is 2.67. The van der Waals surface area contributed by atoms with Crippen molar-refractivity contribution in [1.29, 1.82) is 0 Å². The minimum Gasteiger partial charge on any atom is -0.457 e. The number of para-hydroxylation sites is 1.